The molecule has 0 aromatic heterocycles. The summed E-state index contributed by atoms with van der Waals surface area (Å²) < 4.78 is 6.00. The number of hydrogen-bond acceptors (Lipinski definition) is 4. The first-order valence-corrected chi connectivity index (χ1v) is 11.1. The number of fused-ring (bicyclic) bond motifs is 1. The van der Waals surface area contributed by atoms with E-state index in [0.29, 0.717) is 0 Å². The molecule has 2 unspecified atom stereocenters. The predicted octanol–water partition coefficient (Wildman–Crippen LogP) is 3.22. The van der Waals surface area contributed by atoms with Crippen LogP contribution in [0.1, 0.15) is 38.2 Å². The molecular formula is C23H35N3O2. The first-order chi connectivity index (χ1) is 13.7. The number of nitrogens with zero attached hydrogens (tertiary/aromatic N) is 2. The number of ether oxygens (including phenoxy) is 1. The molecule has 3 atom stereocenters. The van der Waals surface area contributed by atoms with Crippen molar-refractivity contribution in [1.82, 2.24) is 9.80 Å². The molecule has 0 bridgehead atoms. The smallest absolute Gasteiger partial charge is 0.221 e. The number of likely N-dealkylation sites (tertiary alicyclic amines) is 2. The van der Waals surface area contributed by atoms with E-state index in [2.05, 4.69) is 27.2 Å². The van der Waals surface area contributed by atoms with Crippen molar-refractivity contribution < 1.29 is 9.53 Å². The minimum atomic E-state index is -0.0212. The Hall–Kier alpha value is -1.43. The number of piperidine rings is 2. The van der Waals surface area contributed by atoms with Gasteiger partial charge in [0, 0.05) is 45.4 Å². The highest BCUT2D eigenvalue weighted by Crippen LogP contribution is 2.52. The van der Waals surface area contributed by atoms with Gasteiger partial charge < -0.3 is 15.0 Å². The second-order valence-corrected chi connectivity index (χ2v) is 8.89. The fourth-order valence-corrected chi connectivity index (χ4v) is 5.06. The van der Waals surface area contributed by atoms with Crippen molar-refractivity contribution in [1.29, 1.82) is 0 Å². The number of benzene rings is 1. The molecule has 1 N–H and O–H groups in total. The lowest BCUT2D eigenvalue weighted by molar-refractivity contribution is -0.114. The van der Waals surface area contributed by atoms with E-state index < -0.39 is 0 Å². The molecule has 1 amide bonds. The number of carbonyl (C=O) groups is 1. The molecule has 2 saturated heterocycles. The van der Waals surface area contributed by atoms with E-state index in [1.165, 1.54) is 64.0 Å². The van der Waals surface area contributed by atoms with E-state index in [4.69, 9.17) is 4.74 Å². The zero-order valence-electron chi connectivity index (χ0n) is 17.2. The van der Waals surface area contributed by atoms with Crippen molar-refractivity contribution in [2.45, 2.75) is 39.2 Å². The Labute approximate surface area is 169 Å². The molecule has 2 heterocycles. The quantitative estimate of drug-likeness (QED) is 0.663. The van der Waals surface area contributed by atoms with Gasteiger partial charge in [0.15, 0.2) is 0 Å². The Balaban J connectivity index is 1.08. The highest BCUT2D eigenvalue weighted by atomic mass is 16.5. The average Bonchev–Trinajstić information content (AvgIpc) is 3.14. The average molecular weight is 386 g/mol. The Bertz CT molecular complexity index is 630. The van der Waals surface area contributed by atoms with E-state index in [1.54, 1.807) is 6.92 Å². The lowest BCUT2D eigenvalue weighted by Crippen LogP contribution is -2.31. The highest BCUT2D eigenvalue weighted by molar-refractivity contribution is 5.88. The van der Waals surface area contributed by atoms with Gasteiger partial charge in [-0.05, 0) is 67.8 Å². The third-order valence-corrected chi connectivity index (χ3v) is 6.65. The number of hydrogen-bond donors (Lipinski definition) is 1. The number of amides is 1. The normalized spacial score (nSPS) is 27.5. The summed E-state index contributed by atoms with van der Waals surface area (Å²) >= 11 is 0. The van der Waals surface area contributed by atoms with Gasteiger partial charge in [0.05, 0.1) is 6.61 Å². The molecule has 0 radical (unpaired) electrons. The molecule has 154 valence electrons. The number of anilines is 1. The van der Waals surface area contributed by atoms with Gasteiger partial charge in [0.25, 0.3) is 0 Å². The van der Waals surface area contributed by atoms with Crippen LogP contribution in [-0.4, -0.2) is 61.6 Å². The molecule has 1 saturated carbocycles. The van der Waals surface area contributed by atoms with Crippen LogP contribution >= 0.6 is 0 Å². The standard InChI is InChI=1S/C23H35N3O2/c1-18(27)24-20-8-6-19(7-9-20)14-26-15-21-22(16-26)23(21)17-28-13-5-12-25-10-3-2-4-11-25/h6-9,21-23H,2-5,10-17H2,1H3,(H,24,27)/t21-,22?,23?/m0/s1. The van der Waals surface area contributed by atoms with Gasteiger partial charge in [0.2, 0.25) is 5.91 Å². The van der Waals surface area contributed by atoms with Crippen molar-refractivity contribution >= 4 is 11.6 Å². The van der Waals surface area contributed by atoms with Gasteiger partial charge >= 0.3 is 0 Å². The monoisotopic (exact) mass is 385 g/mol. The van der Waals surface area contributed by atoms with Crippen LogP contribution in [0, 0.1) is 17.8 Å². The topological polar surface area (TPSA) is 44.8 Å². The van der Waals surface area contributed by atoms with Crippen LogP contribution in [0.25, 0.3) is 0 Å². The maximum absolute atomic E-state index is 11.1. The van der Waals surface area contributed by atoms with Crippen LogP contribution in [-0.2, 0) is 16.1 Å². The molecule has 1 aromatic carbocycles. The third kappa shape index (κ3) is 5.34. The second kappa shape index (κ2) is 9.38. The molecule has 28 heavy (non-hydrogen) atoms. The molecule has 2 aliphatic heterocycles. The summed E-state index contributed by atoms with van der Waals surface area (Å²) in [6.45, 7) is 10.7. The Morgan fingerprint density at radius 2 is 1.79 bits per heavy atom. The van der Waals surface area contributed by atoms with Crippen molar-refractivity contribution in [3.63, 3.8) is 0 Å². The summed E-state index contributed by atoms with van der Waals surface area (Å²) in [5.74, 6) is 2.47. The SMILES string of the molecule is CC(=O)Nc1ccc(CN2CC3C(COCCCN4CCCCC4)[C@H]3C2)cc1. The fraction of sp³-hybridized carbons (Fsp3) is 0.696. The van der Waals surface area contributed by atoms with Gasteiger partial charge in [-0.15, -0.1) is 0 Å². The van der Waals surface area contributed by atoms with Crippen LogP contribution in [0.15, 0.2) is 24.3 Å². The second-order valence-electron chi connectivity index (χ2n) is 8.89. The van der Waals surface area contributed by atoms with Crippen LogP contribution in [0.2, 0.25) is 0 Å². The van der Waals surface area contributed by atoms with Gasteiger partial charge in [-0.2, -0.15) is 0 Å². The van der Waals surface area contributed by atoms with E-state index in [-0.39, 0.29) is 5.91 Å². The lowest BCUT2D eigenvalue weighted by atomic mass is 10.1. The maximum atomic E-state index is 11.1. The molecule has 5 nitrogen and oxygen atoms in total. The van der Waals surface area contributed by atoms with Crippen LogP contribution in [0.3, 0.4) is 0 Å². The molecule has 3 fully saturated rings. The summed E-state index contributed by atoms with van der Waals surface area (Å²) in [4.78, 5) is 16.3. The van der Waals surface area contributed by atoms with Gasteiger partial charge in [0.1, 0.15) is 0 Å². The van der Waals surface area contributed by atoms with Crippen LogP contribution in [0.5, 0.6) is 0 Å². The zero-order valence-corrected chi connectivity index (χ0v) is 17.2. The fourth-order valence-electron chi connectivity index (χ4n) is 5.06. The Morgan fingerprint density at radius 3 is 2.46 bits per heavy atom. The summed E-state index contributed by atoms with van der Waals surface area (Å²) in [6.07, 6.45) is 5.35. The first-order valence-electron chi connectivity index (χ1n) is 11.1. The Kier molecular flexibility index (Phi) is 6.65. The van der Waals surface area contributed by atoms with Crippen LogP contribution in [0.4, 0.5) is 5.69 Å². The Morgan fingerprint density at radius 1 is 1.07 bits per heavy atom. The number of nitrogens with one attached hydrogen (secondary N) is 1. The minimum Gasteiger partial charge on any atom is -0.381 e. The molecule has 1 aromatic rings. The summed E-state index contributed by atoms with van der Waals surface area (Å²) in [5.41, 5.74) is 2.19. The number of rotatable bonds is 9. The molecule has 3 aliphatic rings. The largest absolute Gasteiger partial charge is 0.381 e. The van der Waals surface area contributed by atoms with E-state index >= 15 is 0 Å². The van der Waals surface area contributed by atoms with Crippen LogP contribution < -0.4 is 5.32 Å². The maximum Gasteiger partial charge on any atom is 0.221 e. The van der Waals surface area contributed by atoms with Crippen molar-refractivity contribution in [2.24, 2.45) is 17.8 Å². The van der Waals surface area contributed by atoms with E-state index in [1.807, 2.05) is 12.1 Å². The first kappa shape index (κ1) is 19.9. The lowest BCUT2D eigenvalue weighted by Gasteiger charge is -2.26. The molecule has 4 rings (SSSR count). The molecular weight excluding hydrogens is 350 g/mol. The minimum absolute atomic E-state index is 0.0212. The number of carbonyl (C=O) groups excluding carboxylic acids is 1. The summed E-state index contributed by atoms with van der Waals surface area (Å²) in [7, 11) is 0. The van der Waals surface area contributed by atoms with Gasteiger partial charge in [-0.25, -0.2) is 0 Å². The summed E-state index contributed by atoms with van der Waals surface area (Å²) in [6, 6.07) is 8.23. The molecule has 5 heteroatoms. The molecule has 0 spiro atoms. The van der Waals surface area contributed by atoms with Gasteiger partial charge in [-0.3, -0.25) is 9.69 Å². The van der Waals surface area contributed by atoms with E-state index in [0.717, 1.165) is 43.2 Å². The molecule has 1 aliphatic carbocycles. The van der Waals surface area contributed by atoms with Gasteiger partial charge in [-0.1, -0.05) is 18.6 Å². The summed E-state index contributed by atoms with van der Waals surface area (Å²) in [5, 5.41) is 2.82. The third-order valence-electron chi connectivity index (χ3n) is 6.65. The van der Waals surface area contributed by atoms with E-state index in [9.17, 15) is 4.79 Å². The predicted molar refractivity (Wildman–Crippen MR) is 112 cm³/mol. The zero-order chi connectivity index (χ0) is 19.3. The van der Waals surface area contributed by atoms with Crippen molar-refractivity contribution in [3.05, 3.63) is 29.8 Å². The van der Waals surface area contributed by atoms with Crippen molar-refractivity contribution in [3.8, 4) is 0 Å². The highest BCUT2D eigenvalue weighted by Gasteiger charge is 2.55. The van der Waals surface area contributed by atoms with Crippen molar-refractivity contribution in [2.75, 3.05) is 51.3 Å².